The van der Waals surface area contributed by atoms with Crippen LogP contribution in [0.15, 0.2) is 0 Å². The van der Waals surface area contributed by atoms with Gasteiger partial charge < -0.3 is 10.5 Å². The van der Waals surface area contributed by atoms with Crippen LogP contribution in [-0.4, -0.2) is 52.8 Å². The third-order valence-electron chi connectivity index (χ3n) is 4.05. The van der Waals surface area contributed by atoms with Crippen LogP contribution in [0.5, 0.6) is 0 Å². The molecule has 2 N–H and O–H groups in total. The number of thioether (sulfide) groups is 1. The van der Waals surface area contributed by atoms with E-state index in [1.807, 2.05) is 0 Å². The van der Waals surface area contributed by atoms with Gasteiger partial charge in [0.1, 0.15) is 0 Å². The molecular formula is C14H28N2OS. The van der Waals surface area contributed by atoms with Gasteiger partial charge in [0.15, 0.2) is 0 Å². The zero-order valence-corrected chi connectivity index (χ0v) is 13.1. The number of nitrogens with zero attached hydrogens (tertiary/aromatic N) is 1. The molecule has 2 rings (SSSR count). The Bertz CT molecular complexity index is 282. The molecule has 0 radical (unpaired) electrons. The predicted octanol–water partition coefficient (Wildman–Crippen LogP) is 2.10. The van der Waals surface area contributed by atoms with E-state index < -0.39 is 0 Å². The Hall–Kier alpha value is 0.230. The van der Waals surface area contributed by atoms with E-state index in [4.69, 9.17) is 10.5 Å². The van der Waals surface area contributed by atoms with Gasteiger partial charge in [0.2, 0.25) is 0 Å². The van der Waals surface area contributed by atoms with E-state index in [0.29, 0.717) is 0 Å². The highest BCUT2D eigenvalue weighted by molar-refractivity contribution is 7.99. The van der Waals surface area contributed by atoms with Crippen LogP contribution >= 0.6 is 11.8 Å². The number of hydrogen-bond donors (Lipinski definition) is 1. The topological polar surface area (TPSA) is 38.5 Å². The lowest BCUT2D eigenvalue weighted by molar-refractivity contribution is -0.197. The van der Waals surface area contributed by atoms with Gasteiger partial charge in [-0.05, 0) is 46.3 Å². The third-order valence-corrected chi connectivity index (χ3v) is 5.37. The molecule has 18 heavy (non-hydrogen) atoms. The summed E-state index contributed by atoms with van der Waals surface area (Å²) >= 11 is 2.06. The van der Waals surface area contributed by atoms with Gasteiger partial charge >= 0.3 is 0 Å². The molecule has 2 saturated heterocycles. The quantitative estimate of drug-likeness (QED) is 0.835. The summed E-state index contributed by atoms with van der Waals surface area (Å²) in [4.78, 5) is 2.61. The van der Waals surface area contributed by atoms with Crippen LogP contribution in [0, 0.1) is 0 Å². The molecule has 2 aliphatic rings. The first-order chi connectivity index (χ1) is 8.29. The molecule has 0 bridgehead atoms. The Labute approximate surface area is 116 Å². The van der Waals surface area contributed by atoms with Crippen LogP contribution in [0.25, 0.3) is 0 Å². The molecule has 1 atom stereocenters. The molecule has 2 fully saturated rings. The van der Waals surface area contributed by atoms with E-state index in [-0.39, 0.29) is 16.7 Å². The summed E-state index contributed by atoms with van der Waals surface area (Å²) < 4.78 is 6.18. The molecule has 0 saturated carbocycles. The van der Waals surface area contributed by atoms with Crippen molar-refractivity contribution in [1.29, 1.82) is 0 Å². The molecule has 0 amide bonds. The molecule has 2 heterocycles. The lowest BCUT2D eigenvalue weighted by Gasteiger charge is -2.55. The lowest BCUT2D eigenvalue weighted by atomic mass is 9.88. The Kier molecular flexibility index (Phi) is 4.04. The standard InChI is InChI=1S/C14H28N2OS/c1-12(2)9-16(10-13(3,4)17-12)14(8-15)6-5-7-18-11-14/h5-11,15H2,1-4H3. The largest absolute Gasteiger partial charge is 0.367 e. The second kappa shape index (κ2) is 4.97. The third kappa shape index (κ3) is 3.03. The van der Waals surface area contributed by atoms with Crippen molar-refractivity contribution in [2.24, 2.45) is 5.73 Å². The normalized spacial score (nSPS) is 36.5. The minimum atomic E-state index is -0.0773. The number of rotatable bonds is 2. The molecular weight excluding hydrogens is 244 g/mol. The summed E-state index contributed by atoms with van der Waals surface area (Å²) in [5.41, 5.74) is 6.19. The summed E-state index contributed by atoms with van der Waals surface area (Å²) in [6, 6.07) is 0. The fourth-order valence-electron chi connectivity index (χ4n) is 3.50. The van der Waals surface area contributed by atoms with Crippen molar-refractivity contribution >= 4 is 11.8 Å². The maximum absolute atomic E-state index is 6.18. The van der Waals surface area contributed by atoms with Crippen LogP contribution in [0.4, 0.5) is 0 Å². The predicted molar refractivity (Wildman–Crippen MR) is 79.2 cm³/mol. The number of ether oxygens (including phenoxy) is 1. The number of hydrogen-bond acceptors (Lipinski definition) is 4. The minimum absolute atomic E-state index is 0.0773. The Balaban J connectivity index is 2.19. The molecule has 3 nitrogen and oxygen atoms in total. The monoisotopic (exact) mass is 272 g/mol. The lowest BCUT2D eigenvalue weighted by Crippen LogP contribution is -2.67. The zero-order chi connectivity index (χ0) is 13.4. The highest BCUT2D eigenvalue weighted by atomic mass is 32.2. The van der Waals surface area contributed by atoms with Crippen LogP contribution in [-0.2, 0) is 4.74 Å². The van der Waals surface area contributed by atoms with E-state index in [9.17, 15) is 0 Å². The second-order valence-electron chi connectivity index (χ2n) is 7.06. The Morgan fingerprint density at radius 2 is 1.78 bits per heavy atom. The van der Waals surface area contributed by atoms with Gasteiger partial charge in [-0.3, -0.25) is 4.90 Å². The fraction of sp³-hybridized carbons (Fsp3) is 1.00. The van der Waals surface area contributed by atoms with E-state index in [1.165, 1.54) is 24.3 Å². The fourth-order valence-corrected chi connectivity index (χ4v) is 4.82. The van der Waals surface area contributed by atoms with E-state index in [2.05, 4.69) is 44.4 Å². The first-order valence-corrected chi connectivity index (χ1v) is 8.17. The van der Waals surface area contributed by atoms with Crippen LogP contribution in [0.2, 0.25) is 0 Å². The highest BCUT2D eigenvalue weighted by Gasteiger charge is 2.46. The molecule has 4 heteroatoms. The molecule has 0 spiro atoms. The van der Waals surface area contributed by atoms with Crippen molar-refractivity contribution in [2.45, 2.75) is 57.3 Å². The molecule has 2 aliphatic heterocycles. The first kappa shape index (κ1) is 14.6. The first-order valence-electron chi connectivity index (χ1n) is 7.02. The van der Waals surface area contributed by atoms with Crippen molar-refractivity contribution in [2.75, 3.05) is 31.1 Å². The van der Waals surface area contributed by atoms with E-state index >= 15 is 0 Å². The molecule has 0 aromatic heterocycles. The van der Waals surface area contributed by atoms with Gasteiger partial charge in [-0.1, -0.05) is 0 Å². The van der Waals surface area contributed by atoms with Crippen molar-refractivity contribution < 1.29 is 4.74 Å². The average Bonchev–Trinajstić information content (AvgIpc) is 2.26. The van der Waals surface area contributed by atoms with Crippen LogP contribution in [0.1, 0.15) is 40.5 Å². The van der Waals surface area contributed by atoms with Crippen molar-refractivity contribution in [3.8, 4) is 0 Å². The van der Waals surface area contributed by atoms with Crippen LogP contribution in [0.3, 0.4) is 0 Å². The number of nitrogens with two attached hydrogens (primary N) is 1. The van der Waals surface area contributed by atoms with Gasteiger partial charge in [0.05, 0.1) is 11.2 Å². The van der Waals surface area contributed by atoms with Crippen molar-refractivity contribution in [1.82, 2.24) is 4.90 Å². The smallest absolute Gasteiger partial charge is 0.0761 e. The van der Waals surface area contributed by atoms with Crippen LogP contribution < -0.4 is 5.73 Å². The SMILES string of the molecule is CC1(C)CN(C2(CN)CCCSC2)CC(C)(C)O1. The summed E-state index contributed by atoms with van der Waals surface area (Å²) in [5, 5.41) is 0. The summed E-state index contributed by atoms with van der Waals surface area (Å²) in [6.45, 7) is 11.5. The van der Waals surface area contributed by atoms with Gasteiger partial charge in [0, 0.05) is 30.9 Å². The van der Waals surface area contributed by atoms with Gasteiger partial charge in [-0.25, -0.2) is 0 Å². The maximum atomic E-state index is 6.18. The van der Waals surface area contributed by atoms with E-state index in [1.54, 1.807) is 0 Å². The summed E-state index contributed by atoms with van der Waals surface area (Å²) in [7, 11) is 0. The van der Waals surface area contributed by atoms with E-state index in [0.717, 1.165) is 19.6 Å². The molecule has 106 valence electrons. The van der Waals surface area contributed by atoms with Crippen molar-refractivity contribution in [3.05, 3.63) is 0 Å². The Morgan fingerprint density at radius 3 is 2.22 bits per heavy atom. The second-order valence-corrected chi connectivity index (χ2v) is 8.17. The molecule has 0 aromatic rings. The summed E-state index contributed by atoms with van der Waals surface area (Å²) in [6.07, 6.45) is 2.53. The van der Waals surface area contributed by atoms with Gasteiger partial charge in [0.25, 0.3) is 0 Å². The summed E-state index contributed by atoms with van der Waals surface area (Å²) in [5.74, 6) is 2.47. The Morgan fingerprint density at radius 1 is 1.17 bits per heavy atom. The minimum Gasteiger partial charge on any atom is -0.367 e. The molecule has 0 aliphatic carbocycles. The average molecular weight is 272 g/mol. The van der Waals surface area contributed by atoms with Gasteiger partial charge in [-0.15, -0.1) is 0 Å². The zero-order valence-electron chi connectivity index (χ0n) is 12.3. The number of morpholine rings is 1. The van der Waals surface area contributed by atoms with Gasteiger partial charge in [-0.2, -0.15) is 11.8 Å². The molecule has 1 unspecified atom stereocenters. The highest BCUT2D eigenvalue weighted by Crippen LogP contribution is 2.37. The van der Waals surface area contributed by atoms with Crippen molar-refractivity contribution in [3.63, 3.8) is 0 Å². The molecule has 0 aromatic carbocycles. The maximum Gasteiger partial charge on any atom is 0.0761 e.